The van der Waals surface area contributed by atoms with Crippen molar-refractivity contribution in [3.63, 3.8) is 0 Å². The molecule has 4 heteroatoms. The van der Waals surface area contributed by atoms with Crippen molar-refractivity contribution in [3.8, 4) is 0 Å². The first-order valence-corrected chi connectivity index (χ1v) is 9.09. The molecule has 0 radical (unpaired) electrons. The third-order valence-electron chi connectivity index (χ3n) is 4.52. The topological polar surface area (TPSA) is 49.4 Å². The van der Waals surface area contributed by atoms with Gasteiger partial charge in [-0.2, -0.15) is 0 Å². The van der Waals surface area contributed by atoms with Crippen molar-refractivity contribution in [1.29, 1.82) is 0 Å². The molecule has 26 heavy (non-hydrogen) atoms. The number of hydrogen-bond donors (Lipinski definition) is 1. The summed E-state index contributed by atoms with van der Waals surface area (Å²) in [7, 11) is 0. The van der Waals surface area contributed by atoms with Gasteiger partial charge in [0.25, 0.3) is 0 Å². The summed E-state index contributed by atoms with van der Waals surface area (Å²) in [6.45, 7) is 9.77. The quantitative estimate of drug-likeness (QED) is 0.821. The van der Waals surface area contributed by atoms with Crippen LogP contribution in [0.4, 0.5) is 11.4 Å². The molecule has 0 saturated carbocycles. The Morgan fingerprint density at radius 2 is 1.73 bits per heavy atom. The number of nitrogens with zero attached hydrogens (tertiary/aromatic N) is 1. The molecule has 2 rings (SSSR count). The molecule has 0 spiro atoms. The minimum absolute atomic E-state index is 0.000874. The molecule has 0 bridgehead atoms. The normalized spacial score (nSPS) is 10.7. The lowest BCUT2D eigenvalue weighted by molar-refractivity contribution is -0.120. The Kier molecular flexibility index (Phi) is 6.56. The molecule has 0 aliphatic heterocycles. The monoisotopic (exact) mass is 352 g/mol. The van der Waals surface area contributed by atoms with E-state index in [-0.39, 0.29) is 18.4 Å². The zero-order valence-corrected chi connectivity index (χ0v) is 16.3. The van der Waals surface area contributed by atoms with Gasteiger partial charge in [-0.15, -0.1) is 0 Å². The molecule has 0 unspecified atom stereocenters. The zero-order chi connectivity index (χ0) is 19.3. The van der Waals surface area contributed by atoms with E-state index in [1.807, 2.05) is 56.3 Å². The van der Waals surface area contributed by atoms with E-state index in [1.54, 1.807) is 4.90 Å². The number of hydrogen-bond acceptors (Lipinski definition) is 2. The first kappa shape index (κ1) is 19.7. The van der Waals surface area contributed by atoms with Gasteiger partial charge < -0.3 is 10.2 Å². The van der Waals surface area contributed by atoms with Crippen LogP contribution in [-0.4, -0.2) is 18.4 Å². The number of amides is 2. The molecule has 0 atom stereocenters. The highest BCUT2D eigenvalue weighted by Gasteiger charge is 2.20. The van der Waals surface area contributed by atoms with Gasteiger partial charge in [-0.3, -0.25) is 9.59 Å². The van der Waals surface area contributed by atoms with Crippen LogP contribution >= 0.6 is 0 Å². The van der Waals surface area contributed by atoms with Gasteiger partial charge in [-0.05, 0) is 48.1 Å². The summed E-state index contributed by atoms with van der Waals surface area (Å²) in [5.74, 6) is 0.101. The molecule has 2 aromatic carbocycles. The Balaban J connectivity index is 2.18. The van der Waals surface area contributed by atoms with Crippen molar-refractivity contribution in [1.82, 2.24) is 0 Å². The molecule has 0 saturated heterocycles. The average Bonchev–Trinajstić information content (AvgIpc) is 2.60. The van der Waals surface area contributed by atoms with Gasteiger partial charge in [-0.25, -0.2) is 0 Å². The van der Waals surface area contributed by atoms with E-state index >= 15 is 0 Å². The van der Waals surface area contributed by atoms with Crippen LogP contribution in [0.2, 0.25) is 0 Å². The van der Waals surface area contributed by atoms with E-state index < -0.39 is 0 Å². The SMILES string of the molecule is CCc1cccc(C)c1N(CC(=O)Nc1ccc(C(C)C)cc1)C(C)=O. The first-order chi connectivity index (χ1) is 12.3. The first-order valence-electron chi connectivity index (χ1n) is 9.09. The maximum atomic E-state index is 12.5. The van der Waals surface area contributed by atoms with E-state index in [2.05, 4.69) is 19.2 Å². The van der Waals surface area contributed by atoms with E-state index in [1.165, 1.54) is 12.5 Å². The second-order valence-electron chi connectivity index (χ2n) is 6.87. The molecule has 1 N–H and O–H groups in total. The lowest BCUT2D eigenvalue weighted by Crippen LogP contribution is -2.37. The predicted octanol–water partition coefficient (Wildman–Crippen LogP) is 4.67. The molecule has 0 aliphatic rings. The van der Waals surface area contributed by atoms with Crippen LogP contribution < -0.4 is 10.2 Å². The number of nitrogens with one attached hydrogen (secondary N) is 1. The van der Waals surface area contributed by atoms with Crippen molar-refractivity contribution >= 4 is 23.2 Å². The van der Waals surface area contributed by atoms with Crippen LogP contribution in [0.1, 0.15) is 50.3 Å². The van der Waals surface area contributed by atoms with E-state index in [4.69, 9.17) is 0 Å². The Labute approximate surface area is 156 Å². The van der Waals surface area contributed by atoms with Crippen LogP contribution in [0.15, 0.2) is 42.5 Å². The molecule has 2 aromatic rings. The summed E-state index contributed by atoms with van der Waals surface area (Å²) in [4.78, 5) is 26.3. The smallest absolute Gasteiger partial charge is 0.244 e. The van der Waals surface area contributed by atoms with Crippen molar-refractivity contribution in [2.45, 2.75) is 47.0 Å². The summed E-state index contributed by atoms with van der Waals surface area (Å²) >= 11 is 0. The van der Waals surface area contributed by atoms with Gasteiger partial charge in [0.05, 0.1) is 5.69 Å². The van der Waals surface area contributed by atoms with Gasteiger partial charge in [0.15, 0.2) is 0 Å². The van der Waals surface area contributed by atoms with Gasteiger partial charge in [0.2, 0.25) is 11.8 Å². The van der Waals surface area contributed by atoms with Gasteiger partial charge in [-0.1, -0.05) is 51.1 Å². The lowest BCUT2D eigenvalue weighted by atomic mass is 10.0. The third-order valence-corrected chi connectivity index (χ3v) is 4.52. The summed E-state index contributed by atoms with van der Waals surface area (Å²) < 4.78 is 0. The van der Waals surface area contributed by atoms with E-state index in [0.717, 1.165) is 28.9 Å². The number of carbonyl (C=O) groups is 2. The molecule has 0 aromatic heterocycles. The largest absolute Gasteiger partial charge is 0.325 e. The Morgan fingerprint density at radius 1 is 1.08 bits per heavy atom. The van der Waals surface area contributed by atoms with E-state index in [9.17, 15) is 9.59 Å². The van der Waals surface area contributed by atoms with Crippen LogP contribution in [0.25, 0.3) is 0 Å². The molecular weight excluding hydrogens is 324 g/mol. The second kappa shape index (κ2) is 8.65. The van der Waals surface area contributed by atoms with Crippen LogP contribution in [0.3, 0.4) is 0 Å². The number of benzene rings is 2. The second-order valence-corrected chi connectivity index (χ2v) is 6.87. The lowest BCUT2D eigenvalue weighted by Gasteiger charge is -2.25. The number of anilines is 2. The minimum Gasteiger partial charge on any atom is -0.325 e. The van der Waals surface area contributed by atoms with Crippen molar-refractivity contribution < 1.29 is 9.59 Å². The fraction of sp³-hybridized carbons (Fsp3) is 0.364. The van der Waals surface area contributed by atoms with Crippen LogP contribution in [0.5, 0.6) is 0 Å². The fourth-order valence-corrected chi connectivity index (χ4v) is 3.03. The standard InChI is InChI=1S/C22H28N2O2/c1-6-18-9-7-8-16(4)22(18)24(17(5)25)14-21(26)23-20-12-10-19(11-13-20)15(2)3/h7-13,15H,6,14H2,1-5H3,(H,23,26). The zero-order valence-electron chi connectivity index (χ0n) is 16.3. The number of rotatable bonds is 6. The average molecular weight is 352 g/mol. The third kappa shape index (κ3) is 4.72. The van der Waals surface area contributed by atoms with Crippen molar-refractivity contribution in [2.75, 3.05) is 16.8 Å². The van der Waals surface area contributed by atoms with Crippen LogP contribution in [0, 0.1) is 6.92 Å². The maximum Gasteiger partial charge on any atom is 0.244 e. The highest BCUT2D eigenvalue weighted by atomic mass is 16.2. The Bertz CT molecular complexity index is 779. The summed E-state index contributed by atoms with van der Waals surface area (Å²) in [6.07, 6.45) is 0.805. The van der Waals surface area contributed by atoms with Gasteiger partial charge in [0, 0.05) is 12.6 Å². The van der Waals surface area contributed by atoms with Crippen molar-refractivity contribution in [3.05, 3.63) is 59.2 Å². The maximum absolute atomic E-state index is 12.5. The predicted molar refractivity (Wildman–Crippen MR) is 108 cm³/mol. The molecule has 0 heterocycles. The summed E-state index contributed by atoms with van der Waals surface area (Å²) in [5, 5.41) is 2.89. The number of para-hydroxylation sites is 1. The molecule has 4 nitrogen and oxygen atoms in total. The summed E-state index contributed by atoms with van der Waals surface area (Å²) in [6, 6.07) is 13.8. The van der Waals surface area contributed by atoms with Crippen molar-refractivity contribution in [2.24, 2.45) is 0 Å². The highest BCUT2D eigenvalue weighted by Crippen LogP contribution is 2.26. The molecule has 138 valence electrons. The minimum atomic E-state index is -0.206. The molecule has 2 amide bonds. The number of carbonyl (C=O) groups excluding carboxylic acids is 2. The summed E-state index contributed by atoms with van der Waals surface area (Å²) in [5.41, 5.74) is 4.86. The Morgan fingerprint density at radius 3 is 2.27 bits per heavy atom. The molecule has 0 fully saturated rings. The van der Waals surface area contributed by atoms with E-state index in [0.29, 0.717) is 5.92 Å². The highest BCUT2D eigenvalue weighted by molar-refractivity contribution is 6.02. The number of aryl methyl sites for hydroxylation is 2. The fourth-order valence-electron chi connectivity index (χ4n) is 3.03. The Hall–Kier alpha value is -2.62. The van der Waals surface area contributed by atoms with Gasteiger partial charge >= 0.3 is 0 Å². The van der Waals surface area contributed by atoms with Crippen LogP contribution in [-0.2, 0) is 16.0 Å². The molecule has 0 aliphatic carbocycles. The molecular formula is C22H28N2O2. The van der Waals surface area contributed by atoms with Gasteiger partial charge in [0.1, 0.15) is 6.54 Å².